The van der Waals surface area contributed by atoms with Gasteiger partial charge in [0.15, 0.2) is 5.78 Å². The number of ketones is 1. The zero-order valence-electron chi connectivity index (χ0n) is 10.5. The first-order valence-corrected chi connectivity index (χ1v) is 6.39. The molecule has 0 bridgehead atoms. The van der Waals surface area contributed by atoms with E-state index in [1.807, 2.05) is 48.6 Å². The number of rotatable bonds is 3. The Labute approximate surface area is 112 Å². The summed E-state index contributed by atoms with van der Waals surface area (Å²) in [5.74, 6) is 0.0369. The van der Waals surface area contributed by atoms with Gasteiger partial charge in [-0.2, -0.15) is 0 Å². The second-order valence-corrected chi connectivity index (χ2v) is 4.64. The Balaban J connectivity index is 1.82. The van der Waals surface area contributed by atoms with Gasteiger partial charge >= 0.3 is 0 Å². The zero-order chi connectivity index (χ0) is 13.1. The topological polar surface area (TPSA) is 17.1 Å². The summed E-state index contributed by atoms with van der Waals surface area (Å²) < 4.78 is 0. The van der Waals surface area contributed by atoms with Crippen LogP contribution >= 0.6 is 0 Å². The lowest BCUT2D eigenvalue weighted by Gasteiger charge is -2.00. The van der Waals surface area contributed by atoms with Crippen molar-refractivity contribution in [2.75, 3.05) is 0 Å². The van der Waals surface area contributed by atoms with E-state index in [1.165, 1.54) is 10.8 Å². The van der Waals surface area contributed by atoms with Gasteiger partial charge in [0.1, 0.15) is 0 Å². The summed E-state index contributed by atoms with van der Waals surface area (Å²) in [5, 5.41) is 2.41. The molecule has 1 aliphatic rings. The number of hydrogen-bond donors (Lipinski definition) is 0. The van der Waals surface area contributed by atoms with Crippen molar-refractivity contribution in [3.63, 3.8) is 0 Å². The van der Waals surface area contributed by atoms with Crippen LogP contribution in [0.1, 0.15) is 5.56 Å². The molecule has 0 saturated carbocycles. The third-order valence-corrected chi connectivity index (χ3v) is 3.29. The minimum Gasteiger partial charge on any atom is -0.294 e. The largest absolute Gasteiger partial charge is 0.294 e. The smallest absolute Gasteiger partial charge is 0.166 e. The van der Waals surface area contributed by atoms with Crippen LogP contribution in [0.15, 0.2) is 72.8 Å². The van der Waals surface area contributed by atoms with Crippen LogP contribution in [0, 0.1) is 5.92 Å². The second-order valence-electron chi connectivity index (χ2n) is 4.64. The second kappa shape index (κ2) is 5.07. The molecule has 19 heavy (non-hydrogen) atoms. The Morgan fingerprint density at radius 2 is 1.68 bits per heavy atom. The molecule has 3 rings (SSSR count). The first-order valence-electron chi connectivity index (χ1n) is 6.39. The van der Waals surface area contributed by atoms with Crippen LogP contribution in [-0.4, -0.2) is 5.78 Å². The van der Waals surface area contributed by atoms with Gasteiger partial charge in [0, 0.05) is 0 Å². The number of carbonyl (C=O) groups excluding carboxylic acids is 1. The monoisotopic (exact) mass is 246 g/mol. The summed E-state index contributed by atoms with van der Waals surface area (Å²) >= 11 is 0. The summed E-state index contributed by atoms with van der Waals surface area (Å²) in [7, 11) is 0. The van der Waals surface area contributed by atoms with E-state index in [2.05, 4.69) is 24.3 Å². The van der Waals surface area contributed by atoms with Gasteiger partial charge in [-0.15, -0.1) is 0 Å². The maximum Gasteiger partial charge on any atom is 0.166 e. The van der Waals surface area contributed by atoms with Crippen LogP contribution < -0.4 is 0 Å². The van der Waals surface area contributed by atoms with Gasteiger partial charge in [0.2, 0.25) is 0 Å². The lowest BCUT2D eigenvalue weighted by Crippen LogP contribution is -2.03. The Kier molecular flexibility index (Phi) is 3.11. The average molecular weight is 246 g/mol. The highest BCUT2D eigenvalue weighted by Crippen LogP contribution is 2.17. The van der Waals surface area contributed by atoms with E-state index in [-0.39, 0.29) is 11.7 Å². The fourth-order valence-electron chi connectivity index (χ4n) is 2.22. The van der Waals surface area contributed by atoms with E-state index in [0.29, 0.717) is 0 Å². The molecule has 0 unspecified atom stereocenters. The van der Waals surface area contributed by atoms with Crippen molar-refractivity contribution in [2.24, 2.45) is 5.92 Å². The molecular formula is C18H14O. The summed E-state index contributed by atoms with van der Waals surface area (Å²) in [4.78, 5) is 11.9. The van der Waals surface area contributed by atoms with Gasteiger partial charge in [0.25, 0.3) is 0 Å². The van der Waals surface area contributed by atoms with Gasteiger partial charge in [-0.1, -0.05) is 66.8 Å². The van der Waals surface area contributed by atoms with E-state index in [9.17, 15) is 4.79 Å². The highest BCUT2D eigenvalue weighted by molar-refractivity contribution is 5.98. The minimum atomic E-state index is -0.0864. The number of fused-ring (bicyclic) bond motifs is 1. The molecule has 1 aliphatic carbocycles. The van der Waals surface area contributed by atoms with E-state index in [1.54, 1.807) is 6.08 Å². The van der Waals surface area contributed by atoms with Crippen LogP contribution in [0.25, 0.3) is 16.8 Å². The molecular weight excluding hydrogens is 232 g/mol. The zero-order valence-corrected chi connectivity index (χ0v) is 10.5. The van der Waals surface area contributed by atoms with Gasteiger partial charge in [-0.3, -0.25) is 4.79 Å². The van der Waals surface area contributed by atoms with Gasteiger partial charge in [0.05, 0.1) is 5.92 Å². The van der Waals surface area contributed by atoms with Crippen molar-refractivity contribution in [3.05, 3.63) is 78.4 Å². The molecule has 1 nitrogen and oxygen atoms in total. The van der Waals surface area contributed by atoms with Crippen molar-refractivity contribution in [3.8, 4) is 0 Å². The maximum atomic E-state index is 11.9. The van der Waals surface area contributed by atoms with Crippen molar-refractivity contribution >= 4 is 22.6 Å². The standard InChI is InChI=1S/C18H14O/c19-18(16-6-2-3-7-16)12-10-14-9-11-15-5-1-4-8-17(15)13-14/h1-13,16H/b12-10+. The van der Waals surface area contributed by atoms with E-state index >= 15 is 0 Å². The molecule has 0 amide bonds. The third-order valence-electron chi connectivity index (χ3n) is 3.29. The fraction of sp³-hybridized carbons (Fsp3) is 0.0556. The van der Waals surface area contributed by atoms with Gasteiger partial charge in [-0.05, 0) is 28.5 Å². The predicted octanol–water partition coefficient (Wildman–Crippen LogP) is 4.16. The number of carbonyl (C=O) groups is 1. The first kappa shape index (κ1) is 11.7. The average Bonchev–Trinajstić information content (AvgIpc) is 2.99. The van der Waals surface area contributed by atoms with Crippen molar-refractivity contribution in [1.82, 2.24) is 0 Å². The van der Waals surface area contributed by atoms with E-state index < -0.39 is 0 Å². The van der Waals surface area contributed by atoms with Crippen LogP contribution in [0.3, 0.4) is 0 Å². The molecule has 0 saturated heterocycles. The van der Waals surface area contributed by atoms with Gasteiger partial charge < -0.3 is 0 Å². The Morgan fingerprint density at radius 1 is 0.947 bits per heavy atom. The van der Waals surface area contributed by atoms with Gasteiger partial charge in [-0.25, -0.2) is 0 Å². The maximum absolute atomic E-state index is 11.9. The molecule has 2 aromatic carbocycles. The van der Waals surface area contributed by atoms with Crippen LogP contribution in [0.5, 0.6) is 0 Å². The molecule has 92 valence electrons. The highest BCUT2D eigenvalue weighted by atomic mass is 16.1. The molecule has 0 N–H and O–H groups in total. The molecule has 2 aromatic rings. The molecule has 0 heterocycles. The lowest BCUT2D eigenvalue weighted by molar-refractivity contribution is -0.115. The number of allylic oxidation sites excluding steroid dienone is 5. The molecule has 0 fully saturated rings. The molecule has 0 aliphatic heterocycles. The molecule has 0 atom stereocenters. The van der Waals surface area contributed by atoms with Crippen LogP contribution in [-0.2, 0) is 4.79 Å². The van der Waals surface area contributed by atoms with Crippen molar-refractivity contribution in [2.45, 2.75) is 0 Å². The van der Waals surface area contributed by atoms with Crippen molar-refractivity contribution < 1.29 is 4.79 Å². The number of benzene rings is 2. The predicted molar refractivity (Wildman–Crippen MR) is 79.8 cm³/mol. The molecule has 0 aromatic heterocycles. The van der Waals surface area contributed by atoms with Crippen LogP contribution in [0.2, 0.25) is 0 Å². The SMILES string of the molecule is O=C(/C=C/c1ccc2ccccc2c1)C1C=CC=C1. The van der Waals surface area contributed by atoms with E-state index in [4.69, 9.17) is 0 Å². The molecule has 0 spiro atoms. The fourth-order valence-corrected chi connectivity index (χ4v) is 2.22. The highest BCUT2D eigenvalue weighted by Gasteiger charge is 2.10. The summed E-state index contributed by atoms with van der Waals surface area (Å²) in [5.41, 5.74) is 1.05. The first-order chi connectivity index (χ1) is 9.33. The summed E-state index contributed by atoms with van der Waals surface area (Å²) in [6, 6.07) is 14.4. The molecule has 1 heteroatoms. The third kappa shape index (κ3) is 2.55. The van der Waals surface area contributed by atoms with Crippen LogP contribution in [0.4, 0.5) is 0 Å². The Hall–Kier alpha value is -2.41. The molecule has 0 radical (unpaired) electrons. The summed E-state index contributed by atoms with van der Waals surface area (Å²) in [6.45, 7) is 0. The Bertz CT molecular complexity index is 692. The Morgan fingerprint density at radius 3 is 2.47 bits per heavy atom. The lowest BCUT2D eigenvalue weighted by atomic mass is 10.0. The van der Waals surface area contributed by atoms with E-state index in [0.717, 1.165) is 5.56 Å². The quantitative estimate of drug-likeness (QED) is 0.743. The normalized spacial score (nSPS) is 14.7. The van der Waals surface area contributed by atoms with Crippen molar-refractivity contribution in [1.29, 1.82) is 0 Å². The minimum absolute atomic E-state index is 0.0864. The number of hydrogen-bond acceptors (Lipinski definition) is 1. The summed E-state index contributed by atoms with van der Waals surface area (Å²) in [6.07, 6.45) is 11.2.